The lowest BCUT2D eigenvalue weighted by molar-refractivity contribution is -0.137. The molecule has 162 valence electrons. The quantitative estimate of drug-likeness (QED) is 0.763. The van der Waals surface area contributed by atoms with Crippen molar-refractivity contribution in [2.45, 2.75) is 50.9 Å². The zero-order chi connectivity index (χ0) is 21.9. The van der Waals surface area contributed by atoms with Gasteiger partial charge in [0.15, 0.2) is 0 Å². The molecule has 0 unspecified atom stereocenters. The average Bonchev–Trinajstić information content (AvgIpc) is 2.68. The van der Waals surface area contributed by atoms with E-state index in [1.54, 1.807) is 0 Å². The Morgan fingerprint density at radius 2 is 1.63 bits per heavy atom. The highest BCUT2D eigenvalue weighted by atomic mass is 19.4. The van der Waals surface area contributed by atoms with Crippen molar-refractivity contribution >= 4 is 17.7 Å². The van der Waals surface area contributed by atoms with Gasteiger partial charge in [0.25, 0.3) is 5.91 Å². The fraction of sp³-hybridized carbons (Fsp3) is 0.476. The SMILES string of the molecule is Cc1cc(N(C)C)nc(NC2CCC(NC(=O)c3ccc(C(F)(F)F)cc3)CC2)n1. The molecule has 2 N–H and O–H groups in total. The van der Waals surface area contributed by atoms with Gasteiger partial charge in [-0.25, -0.2) is 4.98 Å². The lowest BCUT2D eigenvalue weighted by Crippen LogP contribution is -2.40. The molecule has 1 aromatic carbocycles. The fourth-order valence-electron chi connectivity index (χ4n) is 3.49. The van der Waals surface area contributed by atoms with Gasteiger partial charge in [0.05, 0.1) is 5.56 Å². The summed E-state index contributed by atoms with van der Waals surface area (Å²) < 4.78 is 38.0. The predicted octanol–water partition coefficient (Wildman–Crippen LogP) is 4.02. The van der Waals surface area contributed by atoms with Gasteiger partial charge in [-0.05, 0) is 56.9 Å². The standard InChI is InChI=1S/C21H26F3N5O/c1-13-12-18(29(2)3)28-20(25-13)27-17-10-8-16(9-11-17)26-19(30)14-4-6-15(7-5-14)21(22,23)24/h4-7,12,16-17H,8-11H2,1-3H3,(H,26,30)(H,25,27,28). The van der Waals surface area contributed by atoms with E-state index in [2.05, 4.69) is 20.6 Å². The molecular weight excluding hydrogens is 395 g/mol. The average molecular weight is 421 g/mol. The Morgan fingerprint density at radius 3 is 2.20 bits per heavy atom. The molecule has 1 saturated carbocycles. The van der Waals surface area contributed by atoms with E-state index in [-0.39, 0.29) is 23.6 Å². The zero-order valence-electron chi connectivity index (χ0n) is 17.3. The Labute approximate surface area is 173 Å². The number of aryl methyl sites for hydroxylation is 1. The predicted molar refractivity (Wildman–Crippen MR) is 110 cm³/mol. The van der Waals surface area contributed by atoms with Crippen LogP contribution in [0.5, 0.6) is 0 Å². The summed E-state index contributed by atoms with van der Waals surface area (Å²) in [5.74, 6) is 1.08. The molecule has 1 aliphatic carbocycles. The second-order valence-corrected chi connectivity index (χ2v) is 7.83. The lowest BCUT2D eigenvalue weighted by atomic mass is 9.91. The number of nitrogens with one attached hydrogen (secondary N) is 2. The van der Waals surface area contributed by atoms with Gasteiger partial charge in [-0.3, -0.25) is 4.79 Å². The molecule has 2 aromatic rings. The van der Waals surface area contributed by atoms with Crippen LogP contribution in [-0.4, -0.2) is 42.1 Å². The third kappa shape index (κ3) is 5.61. The molecule has 30 heavy (non-hydrogen) atoms. The van der Waals surface area contributed by atoms with Crippen LogP contribution < -0.4 is 15.5 Å². The minimum Gasteiger partial charge on any atom is -0.363 e. The van der Waals surface area contributed by atoms with Gasteiger partial charge in [-0.15, -0.1) is 0 Å². The van der Waals surface area contributed by atoms with Crippen LogP contribution in [0.1, 0.15) is 47.3 Å². The number of carbonyl (C=O) groups is 1. The maximum absolute atomic E-state index is 12.7. The summed E-state index contributed by atoms with van der Waals surface area (Å²) >= 11 is 0. The monoisotopic (exact) mass is 421 g/mol. The highest BCUT2D eigenvalue weighted by Crippen LogP contribution is 2.29. The third-order valence-electron chi connectivity index (χ3n) is 5.17. The van der Waals surface area contributed by atoms with E-state index < -0.39 is 11.7 Å². The number of carbonyl (C=O) groups excluding carboxylic acids is 1. The number of halogens is 3. The van der Waals surface area contributed by atoms with Crippen LogP contribution in [0.2, 0.25) is 0 Å². The number of anilines is 2. The minimum absolute atomic E-state index is 0.00592. The van der Waals surface area contributed by atoms with E-state index in [4.69, 9.17) is 0 Å². The van der Waals surface area contributed by atoms with Crippen molar-refractivity contribution in [3.63, 3.8) is 0 Å². The number of hydrogen-bond acceptors (Lipinski definition) is 5. The Hall–Kier alpha value is -2.84. The summed E-state index contributed by atoms with van der Waals surface area (Å²) in [6.07, 6.45) is -1.18. The Bertz CT molecular complexity index is 875. The van der Waals surface area contributed by atoms with Gasteiger partial charge >= 0.3 is 6.18 Å². The van der Waals surface area contributed by atoms with Crippen LogP contribution in [-0.2, 0) is 6.18 Å². The first kappa shape index (κ1) is 21.9. The van der Waals surface area contributed by atoms with Gasteiger partial charge in [-0.2, -0.15) is 18.2 Å². The van der Waals surface area contributed by atoms with Crippen molar-refractivity contribution in [3.8, 4) is 0 Å². The first-order chi connectivity index (χ1) is 14.1. The summed E-state index contributed by atoms with van der Waals surface area (Å²) in [6.45, 7) is 1.92. The highest BCUT2D eigenvalue weighted by molar-refractivity contribution is 5.94. The van der Waals surface area contributed by atoms with E-state index in [0.717, 1.165) is 49.3 Å². The number of rotatable bonds is 5. The first-order valence-corrected chi connectivity index (χ1v) is 9.89. The molecule has 1 aromatic heterocycles. The molecule has 0 atom stereocenters. The van der Waals surface area contributed by atoms with Crippen LogP contribution in [0.15, 0.2) is 30.3 Å². The number of amides is 1. The number of hydrogen-bond donors (Lipinski definition) is 2. The molecule has 6 nitrogen and oxygen atoms in total. The third-order valence-corrected chi connectivity index (χ3v) is 5.17. The Morgan fingerprint density at radius 1 is 1.03 bits per heavy atom. The van der Waals surface area contributed by atoms with Crippen LogP contribution in [0.25, 0.3) is 0 Å². The van der Waals surface area contributed by atoms with Gasteiger partial charge in [-0.1, -0.05) is 0 Å². The summed E-state index contributed by atoms with van der Waals surface area (Å²) in [7, 11) is 3.85. The fourth-order valence-corrected chi connectivity index (χ4v) is 3.49. The minimum atomic E-state index is -4.41. The molecular formula is C21H26F3N5O. The molecule has 0 bridgehead atoms. The summed E-state index contributed by atoms with van der Waals surface area (Å²) in [5, 5.41) is 6.30. The van der Waals surface area contributed by atoms with Crippen molar-refractivity contribution in [2.75, 3.05) is 24.3 Å². The largest absolute Gasteiger partial charge is 0.416 e. The summed E-state index contributed by atoms with van der Waals surface area (Å²) in [5.41, 5.74) is 0.350. The van der Waals surface area contributed by atoms with E-state index in [0.29, 0.717) is 5.95 Å². The highest BCUT2D eigenvalue weighted by Gasteiger charge is 2.30. The maximum Gasteiger partial charge on any atom is 0.416 e. The van der Waals surface area contributed by atoms with Crippen molar-refractivity contribution in [1.29, 1.82) is 0 Å². The van der Waals surface area contributed by atoms with Gasteiger partial charge in [0, 0.05) is 43.5 Å². The second-order valence-electron chi connectivity index (χ2n) is 7.83. The lowest BCUT2D eigenvalue weighted by Gasteiger charge is -2.30. The van der Waals surface area contributed by atoms with Crippen molar-refractivity contribution in [3.05, 3.63) is 47.2 Å². The second kappa shape index (κ2) is 8.89. The molecule has 0 spiro atoms. The van der Waals surface area contributed by atoms with Crippen molar-refractivity contribution in [2.24, 2.45) is 0 Å². The first-order valence-electron chi connectivity index (χ1n) is 9.89. The smallest absolute Gasteiger partial charge is 0.363 e. The molecule has 0 saturated heterocycles. The molecule has 1 amide bonds. The number of alkyl halides is 3. The molecule has 1 heterocycles. The van der Waals surface area contributed by atoms with Gasteiger partial charge < -0.3 is 15.5 Å². The Balaban J connectivity index is 1.51. The van der Waals surface area contributed by atoms with E-state index in [1.165, 1.54) is 12.1 Å². The van der Waals surface area contributed by atoms with Crippen LogP contribution >= 0.6 is 0 Å². The topological polar surface area (TPSA) is 70.2 Å². The molecule has 1 aliphatic rings. The van der Waals surface area contributed by atoms with Crippen LogP contribution in [0.4, 0.5) is 24.9 Å². The maximum atomic E-state index is 12.7. The number of benzene rings is 1. The van der Waals surface area contributed by atoms with Gasteiger partial charge in [0.2, 0.25) is 5.95 Å². The van der Waals surface area contributed by atoms with Crippen molar-refractivity contribution < 1.29 is 18.0 Å². The van der Waals surface area contributed by atoms with E-state index in [1.807, 2.05) is 32.0 Å². The van der Waals surface area contributed by atoms with Crippen molar-refractivity contribution in [1.82, 2.24) is 15.3 Å². The summed E-state index contributed by atoms with van der Waals surface area (Å²) in [4.78, 5) is 23.2. The van der Waals surface area contributed by atoms with Crippen LogP contribution in [0, 0.1) is 6.92 Å². The number of aromatic nitrogens is 2. The molecule has 9 heteroatoms. The normalized spacial score (nSPS) is 19.3. The zero-order valence-corrected chi connectivity index (χ0v) is 17.3. The molecule has 0 radical (unpaired) electrons. The van der Waals surface area contributed by atoms with E-state index >= 15 is 0 Å². The molecule has 0 aliphatic heterocycles. The molecule has 3 rings (SSSR count). The van der Waals surface area contributed by atoms with Gasteiger partial charge in [0.1, 0.15) is 5.82 Å². The van der Waals surface area contributed by atoms with E-state index in [9.17, 15) is 18.0 Å². The molecule has 1 fully saturated rings. The Kier molecular flexibility index (Phi) is 6.48. The van der Waals surface area contributed by atoms with Crippen LogP contribution in [0.3, 0.4) is 0 Å². The summed E-state index contributed by atoms with van der Waals surface area (Å²) in [6, 6.07) is 6.40. The number of nitrogens with zero attached hydrogens (tertiary/aromatic N) is 3.